The number of benzene rings is 1. The molecule has 0 aliphatic heterocycles. The van der Waals surface area contributed by atoms with Crippen LogP contribution in [-0.2, 0) is 4.79 Å². The molecule has 24 heavy (non-hydrogen) atoms. The van der Waals surface area contributed by atoms with Crippen LogP contribution < -0.4 is 10.6 Å². The minimum absolute atomic E-state index is 0.0425. The van der Waals surface area contributed by atoms with E-state index in [4.69, 9.17) is 0 Å². The lowest BCUT2D eigenvalue weighted by Crippen LogP contribution is -2.28. The summed E-state index contributed by atoms with van der Waals surface area (Å²) >= 11 is 0. The molecule has 0 fully saturated rings. The van der Waals surface area contributed by atoms with Gasteiger partial charge in [0.2, 0.25) is 5.91 Å². The Bertz CT molecular complexity index is 735. The molecule has 2 aromatic rings. The molecule has 1 aromatic carbocycles. The Kier molecular flexibility index (Phi) is 4.94. The number of nitrogens with one attached hydrogen (secondary N) is 2. The van der Waals surface area contributed by atoms with Crippen molar-refractivity contribution in [3.63, 3.8) is 0 Å². The van der Waals surface area contributed by atoms with Crippen LogP contribution in [0.15, 0.2) is 54.2 Å². The van der Waals surface area contributed by atoms with Crippen LogP contribution in [0.5, 0.6) is 0 Å². The Morgan fingerprint density at radius 1 is 1.08 bits per heavy atom. The van der Waals surface area contributed by atoms with Gasteiger partial charge in [-0.1, -0.05) is 42.0 Å². The van der Waals surface area contributed by atoms with Crippen LogP contribution in [0.4, 0.5) is 5.82 Å². The average molecular weight is 321 g/mol. The number of aryl methyl sites for hydroxylation is 1. The number of amides is 1. The molecule has 1 aliphatic carbocycles. The highest BCUT2D eigenvalue weighted by Crippen LogP contribution is 2.46. The maximum Gasteiger partial charge on any atom is 0.231 e. The van der Waals surface area contributed by atoms with Crippen molar-refractivity contribution in [3.05, 3.63) is 65.4 Å². The van der Waals surface area contributed by atoms with E-state index >= 15 is 0 Å². The standard InChI is InChI=1S/C20H23N3O/c1-14-9-10-17(23-13-14)21-11-6-12-22-20(24)19-15(2)18(19)16-7-4-3-5-8-16/h3-5,7-10,13,19H,6,11-12H2,1-2H3,(H,21,23)(H,22,24). The second kappa shape index (κ2) is 7.30. The number of nitrogens with zero attached hydrogens (tertiary/aromatic N) is 1. The van der Waals surface area contributed by atoms with Crippen LogP contribution in [0.3, 0.4) is 0 Å². The van der Waals surface area contributed by atoms with Gasteiger partial charge in [0.15, 0.2) is 0 Å². The zero-order valence-electron chi connectivity index (χ0n) is 14.2. The smallest absolute Gasteiger partial charge is 0.231 e. The maximum absolute atomic E-state index is 12.3. The van der Waals surface area contributed by atoms with E-state index in [0.29, 0.717) is 6.54 Å². The van der Waals surface area contributed by atoms with Crippen LogP contribution in [0.25, 0.3) is 5.57 Å². The van der Waals surface area contributed by atoms with Gasteiger partial charge in [-0.05, 0) is 43.0 Å². The van der Waals surface area contributed by atoms with Gasteiger partial charge in [0.1, 0.15) is 5.82 Å². The van der Waals surface area contributed by atoms with Gasteiger partial charge in [0, 0.05) is 19.3 Å². The molecule has 1 amide bonds. The summed E-state index contributed by atoms with van der Waals surface area (Å²) < 4.78 is 0. The third-order valence-corrected chi connectivity index (χ3v) is 4.28. The second-order valence-corrected chi connectivity index (χ2v) is 6.19. The Morgan fingerprint density at radius 2 is 1.88 bits per heavy atom. The fourth-order valence-corrected chi connectivity index (χ4v) is 2.86. The highest BCUT2D eigenvalue weighted by atomic mass is 16.2. The number of hydrogen-bond acceptors (Lipinski definition) is 3. The van der Waals surface area contributed by atoms with Crippen molar-refractivity contribution < 1.29 is 4.79 Å². The molecule has 1 atom stereocenters. The van der Waals surface area contributed by atoms with Crippen LogP contribution in [0, 0.1) is 12.8 Å². The first-order valence-corrected chi connectivity index (χ1v) is 8.37. The molecule has 1 aromatic heterocycles. The molecular weight excluding hydrogens is 298 g/mol. The highest BCUT2D eigenvalue weighted by molar-refractivity contribution is 6.05. The highest BCUT2D eigenvalue weighted by Gasteiger charge is 2.39. The molecule has 124 valence electrons. The molecule has 3 rings (SSSR count). The van der Waals surface area contributed by atoms with Gasteiger partial charge < -0.3 is 10.6 Å². The lowest BCUT2D eigenvalue weighted by atomic mass is 10.1. The normalized spacial score (nSPS) is 16.0. The van der Waals surface area contributed by atoms with Crippen molar-refractivity contribution in [2.24, 2.45) is 5.92 Å². The average Bonchev–Trinajstić information content (AvgIpc) is 3.28. The van der Waals surface area contributed by atoms with E-state index in [1.54, 1.807) is 0 Å². The number of rotatable bonds is 7. The topological polar surface area (TPSA) is 54.0 Å². The summed E-state index contributed by atoms with van der Waals surface area (Å²) in [6, 6.07) is 14.1. The predicted octanol–water partition coefficient (Wildman–Crippen LogP) is 3.41. The summed E-state index contributed by atoms with van der Waals surface area (Å²) in [5.74, 6) is 0.942. The fourth-order valence-electron chi connectivity index (χ4n) is 2.86. The molecule has 1 aliphatic rings. The summed E-state index contributed by atoms with van der Waals surface area (Å²) in [7, 11) is 0. The molecule has 0 spiro atoms. The molecule has 2 N–H and O–H groups in total. The fraction of sp³-hybridized carbons (Fsp3) is 0.300. The summed E-state index contributed by atoms with van der Waals surface area (Å²) in [5, 5.41) is 6.29. The van der Waals surface area contributed by atoms with Gasteiger partial charge in [-0.15, -0.1) is 0 Å². The van der Waals surface area contributed by atoms with E-state index in [2.05, 4.69) is 27.8 Å². The first kappa shape index (κ1) is 16.2. The zero-order chi connectivity index (χ0) is 16.9. The quantitative estimate of drug-likeness (QED) is 0.768. The van der Waals surface area contributed by atoms with E-state index in [1.807, 2.05) is 50.4 Å². The molecule has 1 heterocycles. The van der Waals surface area contributed by atoms with Gasteiger partial charge in [-0.25, -0.2) is 4.98 Å². The number of carbonyl (C=O) groups is 1. The Hall–Kier alpha value is -2.62. The minimum Gasteiger partial charge on any atom is -0.370 e. The molecule has 0 bridgehead atoms. The lowest BCUT2D eigenvalue weighted by Gasteiger charge is -2.08. The van der Waals surface area contributed by atoms with Crippen molar-refractivity contribution in [2.45, 2.75) is 20.3 Å². The van der Waals surface area contributed by atoms with Gasteiger partial charge in [0.05, 0.1) is 5.92 Å². The molecule has 1 unspecified atom stereocenters. The van der Waals surface area contributed by atoms with Crippen molar-refractivity contribution in [2.75, 3.05) is 18.4 Å². The van der Waals surface area contributed by atoms with E-state index in [0.717, 1.165) is 29.9 Å². The third-order valence-electron chi connectivity index (χ3n) is 4.28. The van der Waals surface area contributed by atoms with E-state index in [9.17, 15) is 4.79 Å². The molecule has 0 saturated heterocycles. The lowest BCUT2D eigenvalue weighted by molar-refractivity contribution is -0.121. The van der Waals surface area contributed by atoms with E-state index < -0.39 is 0 Å². The van der Waals surface area contributed by atoms with Crippen LogP contribution >= 0.6 is 0 Å². The predicted molar refractivity (Wildman–Crippen MR) is 97.6 cm³/mol. The monoisotopic (exact) mass is 321 g/mol. The molecular formula is C20H23N3O. The number of hydrogen-bond donors (Lipinski definition) is 2. The van der Waals surface area contributed by atoms with Crippen LogP contribution in [0.1, 0.15) is 24.5 Å². The van der Waals surface area contributed by atoms with Crippen molar-refractivity contribution >= 4 is 17.3 Å². The van der Waals surface area contributed by atoms with E-state index in [-0.39, 0.29) is 11.8 Å². The van der Waals surface area contributed by atoms with Crippen molar-refractivity contribution in [3.8, 4) is 0 Å². The van der Waals surface area contributed by atoms with Gasteiger partial charge in [-0.3, -0.25) is 4.79 Å². The molecule has 4 heteroatoms. The SMILES string of the molecule is CC1=C(c2ccccc2)C1C(=O)NCCCNc1ccc(C)cn1. The van der Waals surface area contributed by atoms with Gasteiger partial charge in [-0.2, -0.15) is 0 Å². The Morgan fingerprint density at radius 3 is 2.58 bits per heavy atom. The Labute approximate surface area is 143 Å². The van der Waals surface area contributed by atoms with Gasteiger partial charge >= 0.3 is 0 Å². The zero-order valence-corrected chi connectivity index (χ0v) is 14.2. The molecule has 0 radical (unpaired) electrons. The minimum atomic E-state index is -0.0425. The van der Waals surface area contributed by atoms with Crippen LogP contribution in [0.2, 0.25) is 0 Å². The van der Waals surface area contributed by atoms with Gasteiger partial charge in [0.25, 0.3) is 0 Å². The number of pyridine rings is 1. The molecule has 0 saturated carbocycles. The number of carbonyl (C=O) groups excluding carboxylic acids is 1. The number of aromatic nitrogens is 1. The van der Waals surface area contributed by atoms with Crippen LogP contribution in [-0.4, -0.2) is 24.0 Å². The van der Waals surface area contributed by atoms with Crippen molar-refractivity contribution in [1.82, 2.24) is 10.3 Å². The largest absolute Gasteiger partial charge is 0.370 e. The number of anilines is 1. The maximum atomic E-state index is 12.3. The molecule has 4 nitrogen and oxygen atoms in total. The first-order valence-electron chi connectivity index (χ1n) is 8.37. The Balaban J connectivity index is 1.37. The second-order valence-electron chi connectivity index (χ2n) is 6.19. The summed E-state index contributed by atoms with van der Waals surface area (Å²) in [6.45, 7) is 5.52. The summed E-state index contributed by atoms with van der Waals surface area (Å²) in [4.78, 5) is 16.6. The summed E-state index contributed by atoms with van der Waals surface area (Å²) in [5.41, 5.74) is 4.66. The summed E-state index contributed by atoms with van der Waals surface area (Å²) in [6.07, 6.45) is 2.71. The van der Waals surface area contributed by atoms with Crippen molar-refractivity contribution in [1.29, 1.82) is 0 Å². The first-order chi connectivity index (χ1) is 11.7. The van der Waals surface area contributed by atoms with E-state index in [1.165, 1.54) is 11.1 Å². The third kappa shape index (κ3) is 3.82.